The summed E-state index contributed by atoms with van der Waals surface area (Å²) in [5.41, 5.74) is -0.228. The van der Waals surface area contributed by atoms with Crippen molar-refractivity contribution < 1.29 is 21.6 Å². The van der Waals surface area contributed by atoms with Crippen LogP contribution in [0.1, 0.15) is 18.4 Å². The molecule has 0 aliphatic heterocycles. The number of sulfonamides is 1. The summed E-state index contributed by atoms with van der Waals surface area (Å²) >= 11 is 0. The molecule has 0 spiro atoms. The Morgan fingerprint density at radius 3 is 2.30 bits per heavy atom. The molecular weight excluding hydrogens is 327 g/mol. The highest BCUT2D eigenvalue weighted by Crippen LogP contribution is 2.27. The summed E-state index contributed by atoms with van der Waals surface area (Å²) in [4.78, 5) is -0.0309. The van der Waals surface area contributed by atoms with Gasteiger partial charge in [0, 0.05) is 18.7 Å². The number of halogens is 3. The maximum absolute atomic E-state index is 12.7. The second-order valence-electron chi connectivity index (χ2n) is 5.18. The van der Waals surface area contributed by atoms with Crippen molar-refractivity contribution in [3.8, 4) is 0 Å². The zero-order chi connectivity index (χ0) is 17.7. The van der Waals surface area contributed by atoms with Gasteiger partial charge in [0.15, 0.2) is 0 Å². The van der Waals surface area contributed by atoms with Crippen LogP contribution in [0.15, 0.2) is 54.0 Å². The van der Waals surface area contributed by atoms with Gasteiger partial charge in [-0.05, 0) is 31.9 Å². The molecule has 0 N–H and O–H groups in total. The highest BCUT2D eigenvalue weighted by molar-refractivity contribution is 7.89. The molecule has 1 rings (SSSR count). The van der Waals surface area contributed by atoms with E-state index < -0.39 is 28.3 Å². The van der Waals surface area contributed by atoms with E-state index in [0.717, 1.165) is 9.87 Å². The molecular formula is C16H20F3NO2S. The van der Waals surface area contributed by atoms with E-state index in [1.165, 1.54) is 12.1 Å². The molecule has 1 aromatic rings. The van der Waals surface area contributed by atoms with E-state index in [9.17, 15) is 21.6 Å². The fourth-order valence-electron chi connectivity index (χ4n) is 1.86. The fraction of sp³-hybridized carbons (Fsp3) is 0.375. The van der Waals surface area contributed by atoms with Crippen LogP contribution in [0, 0.1) is 6.92 Å². The van der Waals surface area contributed by atoms with E-state index in [1.807, 2.05) is 0 Å². The van der Waals surface area contributed by atoms with Crippen molar-refractivity contribution in [2.24, 2.45) is 0 Å². The number of benzene rings is 1. The first-order chi connectivity index (χ1) is 10.6. The average molecular weight is 347 g/mol. The second kappa shape index (κ2) is 7.79. The number of alkyl halides is 3. The van der Waals surface area contributed by atoms with Gasteiger partial charge in [0.05, 0.1) is 4.90 Å². The quantitative estimate of drug-likeness (QED) is 0.525. The summed E-state index contributed by atoms with van der Waals surface area (Å²) in [6.07, 6.45) is -2.13. The Kier molecular flexibility index (Phi) is 6.58. The van der Waals surface area contributed by atoms with E-state index in [1.54, 1.807) is 25.1 Å². The van der Waals surface area contributed by atoms with Crippen molar-refractivity contribution >= 4 is 10.0 Å². The third kappa shape index (κ3) is 5.51. The van der Waals surface area contributed by atoms with Crippen molar-refractivity contribution in [1.82, 2.24) is 4.31 Å². The van der Waals surface area contributed by atoms with Gasteiger partial charge in [-0.2, -0.15) is 17.5 Å². The topological polar surface area (TPSA) is 37.4 Å². The van der Waals surface area contributed by atoms with Crippen molar-refractivity contribution in [2.45, 2.75) is 30.8 Å². The van der Waals surface area contributed by atoms with Crippen molar-refractivity contribution in [3.63, 3.8) is 0 Å². The average Bonchev–Trinajstić information content (AvgIpc) is 2.45. The Balaban J connectivity index is 3.08. The number of rotatable bonds is 8. The zero-order valence-corrected chi connectivity index (χ0v) is 13.8. The Labute approximate surface area is 135 Å². The highest BCUT2D eigenvalue weighted by atomic mass is 32.2. The van der Waals surface area contributed by atoms with Crippen molar-refractivity contribution in [3.05, 3.63) is 54.6 Å². The van der Waals surface area contributed by atoms with Crippen LogP contribution >= 0.6 is 0 Å². The predicted octanol–water partition coefficient (Wildman–Crippen LogP) is 4.07. The van der Waals surface area contributed by atoms with Gasteiger partial charge in [0.2, 0.25) is 10.0 Å². The second-order valence-corrected chi connectivity index (χ2v) is 7.12. The normalized spacial score (nSPS) is 12.4. The maximum atomic E-state index is 12.7. The molecule has 0 fully saturated rings. The summed E-state index contributed by atoms with van der Waals surface area (Å²) in [7, 11) is -4.02. The number of hydrogen-bond acceptors (Lipinski definition) is 2. The molecule has 0 bridgehead atoms. The lowest BCUT2D eigenvalue weighted by molar-refractivity contribution is -0.0938. The van der Waals surface area contributed by atoms with E-state index in [2.05, 4.69) is 13.2 Å². The lowest BCUT2D eigenvalue weighted by Gasteiger charge is -2.24. The van der Waals surface area contributed by atoms with Gasteiger partial charge in [-0.15, -0.1) is 6.58 Å². The molecule has 0 saturated carbocycles. The Bertz CT molecular complexity index is 649. The Hall–Kier alpha value is -1.60. The zero-order valence-electron chi connectivity index (χ0n) is 12.9. The molecule has 7 heteroatoms. The van der Waals surface area contributed by atoms with Crippen LogP contribution in [0.25, 0.3) is 0 Å². The number of allylic oxidation sites excluding steroid dienone is 1. The van der Waals surface area contributed by atoms with E-state index in [-0.39, 0.29) is 11.4 Å². The molecule has 0 amide bonds. The van der Waals surface area contributed by atoms with Crippen LogP contribution in [-0.4, -0.2) is 32.0 Å². The van der Waals surface area contributed by atoms with Crippen LogP contribution in [0.2, 0.25) is 0 Å². The largest absolute Gasteiger partial charge is 0.413 e. The molecule has 0 aliphatic carbocycles. The number of unbranched alkanes of at least 4 members (excludes halogenated alkanes) is 1. The molecule has 128 valence electrons. The summed E-state index contributed by atoms with van der Waals surface area (Å²) in [5.74, 6) is 0. The third-order valence-electron chi connectivity index (χ3n) is 3.24. The van der Waals surface area contributed by atoms with Gasteiger partial charge < -0.3 is 0 Å². The summed E-state index contributed by atoms with van der Waals surface area (Å²) in [6, 6.07) is 5.99. The maximum Gasteiger partial charge on any atom is 0.413 e. The fourth-order valence-corrected chi connectivity index (χ4v) is 3.33. The van der Waals surface area contributed by atoms with E-state index >= 15 is 0 Å². The van der Waals surface area contributed by atoms with Crippen LogP contribution in [-0.2, 0) is 10.0 Å². The van der Waals surface area contributed by atoms with Gasteiger partial charge >= 0.3 is 6.18 Å². The third-order valence-corrected chi connectivity index (χ3v) is 5.10. The van der Waals surface area contributed by atoms with Gasteiger partial charge in [-0.3, -0.25) is 0 Å². The van der Waals surface area contributed by atoms with Gasteiger partial charge in [-0.25, -0.2) is 8.42 Å². The van der Waals surface area contributed by atoms with Crippen molar-refractivity contribution in [1.29, 1.82) is 0 Å². The minimum absolute atomic E-state index is 0.0304. The van der Waals surface area contributed by atoms with Crippen LogP contribution in [0.5, 0.6) is 0 Å². The minimum Gasteiger partial charge on any atom is -0.207 e. The molecule has 1 aromatic carbocycles. The molecule has 23 heavy (non-hydrogen) atoms. The van der Waals surface area contributed by atoms with Crippen molar-refractivity contribution in [2.75, 3.05) is 13.1 Å². The Morgan fingerprint density at radius 2 is 1.83 bits per heavy atom. The predicted molar refractivity (Wildman–Crippen MR) is 84.6 cm³/mol. The molecule has 0 radical (unpaired) electrons. The number of aryl methyl sites for hydroxylation is 1. The molecule has 0 heterocycles. The van der Waals surface area contributed by atoms with Crippen LogP contribution in [0.3, 0.4) is 0 Å². The lowest BCUT2D eigenvalue weighted by atomic mass is 10.2. The first-order valence-corrected chi connectivity index (χ1v) is 8.45. The summed E-state index contributed by atoms with van der Waals surface area (Å²) in [6.45, 7) is 7.47. The first-order valence-electron chi connectivity index (χ1n) is 7.01. The monoisotopic (exact) mass is 347 g/mol. The molecule has 0 atom stereocenters. The van der Waals surface area contributed by atoms with E-state index in [4.69, 9.17) is 0 Å². The Morgan fingerprint density at radius 1 is 1.26 bits per heavy atom. The van der Waals surface area contributed by atoms with E-state index in [0.29, 0.717) is 12.8 Å². The van der Waals surface area contributed by atoms with Gasteiger partial charge in [0.1, 0.15) is 0 Å². The smallest absolute Gasteiger partial charge is 0.207 e. The standard InChI is InChI=1S/C16H20F3NO2S/c1-4-5-6-11-20(12-14(3)16(17,18)19)23(21,22)15-9-7-13(2)8-10-15/h4,7-10H,1,3,5-6,11-12H2,2H3. The molecule has 0 unspecified atom stereocenters. The number of hydrogen-bond donors (Lipinski definition) is 0. The van der Waals surface area contributed by atoms with Crippen LogP contribution < -0.4 is 0 Å². The molecule has 3 nitrogen and oxygen atoms in total. The lowest BCUT2D eigenvalue weighted by Crippen LogP contribution is -2.36. The molecule has 0 aliphatic rings. The summed E-state index contributed by atoms with van der Waals surface area (Å²) < 4.78 is 64.1. The molecule has 0 saturated heterocycles. The van der Waals surface area contributed by atoms with Gasteiger partial charge in [-0.1, -0.05) is 30.4 Å². The summed E-state index contributed by atoms with van der Waals surface area (Å²) in [5, 5.41) is 0. The minimum atomic E-state index is -4.63. The van der Waals surface area contributed by atoms with Gasteiger partial charge in [0.25, 0.3) is 0 Å². The molecule has 0 aromatic heterocycles. The first kappa shape index (κ1) is 19.4. The number of nitrogens with zero attached hydrogens (tertiary/aromatic N) is 1. The SMILES string of the molecule is C=CCCCN(CC(=C)C(F)(F)F)S(=O)(=O)c1ccc(C)cc1. The van der Waals surface area contributed by atoms with Crippen LogP contribution in [0.4, 0.5) is 13.2 Å². The highest BCUT2D eigenvalue weighted by Gasteiger charge is 2.35.